The Labute approximate surface area is 199 Å². The number of methoxy groups -OCH3 is 1. The second-order valence-electron chi connectivity index (χ2n) is 8.12. The Bertz CT molecular complexity index is 1280. The number of aliphatic hydroxyl groups is 1. The van der Waals surface area contributed by atoms with Crippen LogP contribution in [0.5, 0.6) is 11.5 Å². The van der Waals surface area contributed by atoms with Gasteiger partial charge in [-0.1, -0.05) is 36.4 Å². The molecule has 1 aliphatic heterocycles. The van der Waals surface area contributed by atoms with Gasteiger partial charge in [0.25, 0.3) is 11.7 Å². The molecule has 0 spiro atoms. The van der Waals surface area contributed by atoms with E-state index in [9.17, 15) is 14.7 Å². The fourth-order valence-corrected chi connectivity index (χ4v) is 4.23. The molecule has 0 aromatic heterocycles. The molecule has 6 heteroatoms. The van der Waals surface area contributed by atoms with Crippen molar-refractivity contribution in [2.24, 2.45) is 0 Å². The third-order valence-electron chi connectivity index (χ3n) is 6.13. The lowest BCUT2D eigenvalue weighted by Crippen LogP contribution is -2.30. The number of ketones is 1. The molecule has 6 nitrogen and oxygen atoms in total. The molecule has 4 rings (SSSR count). The number of anilines is 1. The summed E-state index contributed by atoms with van der Waals surface area (Å²) in [6, 6.07) is 18.8. The van der Waals surface area contributed by atoms with Crippen LogP contribution in [0.1, 0.15) is 35.2 Å². The molecule has 0 bridgehead atoms. The highest BCUT2D eigenvalue weighted by molar-refractivity contribution is 6.51. The van der Waals surface area contributed by atoms with E-state index < -0.39 is 17.7 Å². The molecule has 1 atom stereocenters. The van der Waals surface area contributed by atoms with Crippen molar-refractivity contribution in [3.63, 3.8) is 0 Å². The molecule has 3 aromatic rings. The SMILES string of the molecule is CCOc1cccc(/C(O)=C2\C(=O)C(=O)N(c3cccc(C)c3C)C2c2ccc(OC)cc2)c1. The van der Waals surface area contributed by atoms with Crippen molar-refractivity contribution in [2.75, 3.05) is 18.6 Å². The average Bonchev–Trinajstić information content (AvgIpc) is 3.11. The molecule has 1 heterocycles. The van der Waals surface area contributed by atoms with Gasteiger partial charge >= 0.3 is 0 Å². The lowest BCUT2D eigenvalue weighted by Gasteiger charge is -2.27. The molecule has 0 aliphatic carbocycles. The highest BCUT2D eigenvalue weighted by atomic mass is 16.5. The van der Waals surface area contributed by atoms with Crippen molar-refractivity contribution < 1.29 is 24.2 Å². The Morgan fingerprint density at radius 3 is 2.35 bits per heavy atom. The van der Waals surface area contributed by atoms with Gasteiger partial charge in [-0.25, -0.2) is 0 Å². The second kappa shape index (κ2) is 9.43. The second-order valence-corrected chi connectivity index (χ2v) is 8.12. The van der Waals surface area contributed by atoms with Crippen molar-refractivity contribution in [3.8, 4) is 11.5 Å². The van der Waals surface area contributed by atoms with E-state index in [0.29, 0.717) is 34.9 Å². The maximum atomic E-state index is 13.4. The largest absolute Gasteiger partial charge is 0.507 e. The first-order valence-corrected chi connectivity index (χ1v) is 11.1. The third-order valence-corrected chi connectivity index (χ3v) is 6.13. The summed E-state index contributed by atoms with van der Waals surface area (Å²) in [6.45, 7) is 6.21. The predicted molar refractivity (Wildman–Crippen MR) is 131 cm³/mol. The van der Waals surface area contributed by atoms with Crippen LogP contribution >= 0.6 is 0 Å². The molecule has 1 unspecified atom stereocenters. The first-order chi connectivity index (χ1) is 16.4. The number of carbonyl (C=O) groups excluding carboxylic acids is 2. The van der Waals surface area contributed by atoms with Gasteiger partial charge in [-0.05, 0) is 67.8 Å². The summed E-state index contributed by atoms with van der Waals surface area (Å²) >= 11 is 0. The van der Waals surface area contributed by atoms with Crippen LogP contribution in [0, 0.1) is 13.8 Å². The molecule has 1 N–H and O–H groups in total. The Balaban J connectivity index is 1.94. The Morgan fingerprint density at radius 1 is 0.971 bits per heavy atom. The van der Waals surface area contributed by atoms with Crippen LogP contribution in [-0.4, -0.2) is 30.5 Å². The molecule has 1 fully saturated rings. The van der Waals surface area contributed by atoms with Crippen LogP contribution in [0.3, 0.4) is 0 Å². The van der Waals surface area contributed by atoms with E-state index in [0.717, 1.165) is 11.1 Å². The normalized spacial score (nSPS) is 17.2. The number of aryl methyl sites for hydroxylation is 1. The van der Waals surface area contributed by atoms with E-state index in [1.807, 2.05) is 39.0 Å². The van der Waals surface area contributed by atoms with Gasteiger partial charge in [0.05, 0.1) is 25.3 Å². The molecule has 3 aromatic carbocycles. The molecule has 1 saturated heterocycles. The van der Waals surface area contributed by atoms with E-state index in [2.05, 4.69) is 0 Å². The van der Waals surface area contributed by atoms with E-state index in [1.165, 1.54) is 4.90 Å². The summed E-state index contributed by atoms with van der Waals surface area (Å²) < 4.78 is 10.8. The molecule has 1 aliphatic rings. The smallest absolute Gasteiger partial charge is 0.300 e. The molecule has 0 saturated carbocycles. The van der Waals surface area contributed by atoms with Gasteiger partial charge in [-0.3, -0.25) is 14.5 Å². The summed E-state index contributed by atoms with van der Waals surface area (Å²) in [5.41, 5.74) is 3.64. The highest BCUT2D eigenvalue weighted by Gasteiger charge is 2.47. The standard InChI is InChI=1S/C28H27NO5/c1-5-34-22-10-7-9-20(16-22)26(30)24-25(19-12-14-21(33-4)15-13-19)29(28(32)27(24)31)23-11-6-8-17(2)18(23)3/h6-16,25,30H,5H2,1-4H3/b26-24+. The number of rotatable bonds is 6. The minimum atomic E-state index is -0.804. The van der Waals surface area contributed by atoms with Crippen LogP contribution < -0.4 is 14.4 Å². The number of ether oxygens (including phenoxy) is 2. The Kier molecular flexibility index (Phi) is 6.41. The zero-order valence-electron chi connectivity index (χ0n) is 19.7. The fourth-order valence-electron chi connectivity index (χ4n) is 4.23. The van der Waals surface area contributed by atoms with Crippen LogP contribution in [-0.2, 0) is 9.59 Å². The fraction of sp³-hybridized carbons (Fsp3) is 0.214. The minimum Gasteiger partial charge on any atom is -0.507 e. The summed E-state index contributed by atoms with van der Waals surface area (Å²) in [7, 11) is 1.57. The lowest BCUT2D eigenvalue weighted by molar-refractivity contribution is -0.132. The Morgan fingerprint density at radius 2 is 1.68 bits per heavy atom. The van der Waals surface area contributed by atoms with Gasteiger partial charge in [0.1, 0.15) is 17.3 Å². The topological polar surface area (TPSA) is 76.1 Å². The van der Waals surface area contributed by atoms with Gasteiger partial charge < -0.3 is 14.6 Å². The molecular formula is C28H27NO5. The zero-order chi connectivity index (χ0) is 24.4. The highest BCUT2D eigenvalue weighted by Crippen LogP contribution is 2.43. The number of hydrogen-bond donors (Lipinski definition) is 1. The zero-order valence-corrected chi connectivity index (χ0v) is 19.7. The van der Waals surface area contributed by atoms with Gasteiger partial charge in [0.15, 0.2) is 0 Å². The van der Waals surface area contributed by atoms with E-state index in [4.69, 9.17) is 9.47 Å². The summed E-state index contributed by atoms with van der Waals surface area (Å²) in [4.78, 5) is 28.2. The Hall–Kier alpha value is -4.06. The van der Waals surface area contributed by atoms with E-state index in [-0.39, 0.29) is 11.3 Å². The first-order valence-electron chi connectivity index (χ1n) is 11.1. The van der Waals surface area contributed by atoms with E-state index in [1.54, 1.807) is 55.6 Å². The van der Waals surface area contributed by atoms with Crippen LogP contribution in [0.4, 0.5) is 5.69 Å². The monoisotopic (exact) mass is 457 g/mol. The molecule has 174 valence electrons. The van der Waals surface area contributed by atoms with Gasteiger partial charge in [-0.15, -0.1) is 0 Å². The maximum absolute atomic E-state index is 13.4. The summed E-state index contributed by atoms with van der Waals surface area (Å²) in [6.07, 6.45) is 0. The van der Waals surface area contributed by atoms with Crippen molar-refractivity contribution in [2.45, 2.75) is 26.8 Å². The lowest BCUT2D eigenvalue weighted by atomic mass is 9.94. The van der Waals surface area contributed by atoms with Crippen molar-refractivity contribution in [1.29, 1.82) is 0 Å². The predicted octanol–water partition coefficient (Wildman–Crippen LogP) is 5.34. The van der Waals surface area contributed by atoms with Crippen molar-refractivity contribution >= 4 is 23.1 Å². The van der Waals surface area contributed by atoms with Gasteiger partial charge in [-0.2, -0.15) is 0 Å². The van der Waals surface area contributed by atoms with Gasteiger partial charge in [0, 0.05) is 11.3 Å². The summed E-state index contributed by atoms with van der Waals surface area (Å²) in [5.74, 6) is -0.445. The van der Waals surface area contributed by atoms with Crippen LogP contribution in [0.25, 0.3) is 5.76 Å². The molecule has 1 amide bonds. The summed E-state index contributed by atoms with van der Waals surface area (Å²) in [5, 5.41) is 11.3. The number of Topliss-reactive ketones (excluding diaryl/α,β-unsaturated/α-hetero) is 1. The van der Waals surface area contributed by atoms with Gasteiger partial charge in [0.2, 0.25) is 0 Å². The number of benzene rings is 3. The number of amides is 1. The molecule has 0 radical (unpaired) electrons. The van der Waals surface area contributed by atoms with Crippen molar-refractivity contribution in [3.05, 3.63) is 94.6 Å². The minimum absolute atomic E-state index is 0.0321. The van der Waals surface area contributed by atoms with E-state index >= 15 is 0 Å². The quantitative estimate of drug-likeness (QED) is 0.307. The number of carbonyl (C=O) groups is 2. The van der Waals surface area contributed by atoms with Crippen LogP contribution in [0.15, 0.2) is 72.3 Å². The molecular weight excluding hydrogens is 430 g/mol. The number of nitrogens with zero attached hydrogens (tertiary/aromatic N) is 1. The first kappa shape index (κ1) is 23.1. The average molecular weight is 458 g/mol. The number of aliphatic hydroxyl groups excluding tert-OH is 1. The van der Waals surface area contributed by atoms with Crippen molar-refractivity contribution in [1.82, 2.24) is 0 Å². The van der Waals surface area contributed by atoms with Crippen LogP contribution in [0.2, 0.25) is 0 Å². The number of hydrogen-bond acceptors (Lipinski definition) is 5. The molecule has 34 heavy (non-hydrogen) atoms. The third kappa shape index (κ3) is 4.03. The maximum Gasteiger partial charge on any atom is 0.300 e.